The van der Waals surface area contributed by atoms with Gasteiger partial charge in [0.05, 0.1) is 0 Å². The van der Waals surface area contributed by atoms with Gasteiger partial charge in [0.15, 0.2) is 0 Å². The van der Waals surface area contributed by atoms with E-state index in [-0.39, 0.29) is 0 Å². The van der Waals surface area contributed by atoms with Gasteiger partial charge in [-0.05, 0) is 123 Å². The first-order valence-electron chi connectivity index (χ1n) is 10.1. The lowest BCUT2D eigenvalue weighted by atomic mass is 9.33. The zero-order chi connectivity index (χ0) is 13.9. The molecule has 0 aromatic carbocycles. The SMILES string of the molecule is CC12CC3CC(C1)CC(C14CC5CC(CC(C5)C1)C4)(C3)C2. The van der Waals surface area contributed by atoms with Crippen molar-refractivity contribution in [2.45, 2.75) is 84.0 Å². The molecule has 2 unspecified atom stereocenters. The third-order valence-electron chi connectivity index (χ3n) is 9.52. The van der Waals surface area contributed by atoms with E-state index in [9.17, 15) is 0 Å². The molecule has 8 fully saturated rings. The molecule has 0 aromatic rings. The Hall–Kier alpha value is 0. The van der Waals surface area contributed by atoms with Crippen molar-refractivity contribution in [1.29, 1.82) is 0 Å². The Bertz CT molecular complexity index is 437. The zero-order valence-corrected chi connectivity index (χ0v) is 13.9. The van der Waals surface area contributed by atoms with Gasteiger partial charge >= 0.3 is 0 Å². The van der Waals surface area contributed by atoms with Crippen LogP contribution < -0.4 is 0 Å². The van der Waals surface area contributed by atoms with Crippen molar-refractivity contribution in [3.8, 4) is 0 Å². The highest BCUT2D eigenvalue weighted by Gasteiger charge is 2.66. The van der Waals surface area contributed by atoms with Gasteiger partial charge in [0.2, 0.25) is 0 Å². The number of rotatable bonds is 1. The summed E-state index contributed by atoms with van der Waals surface area (Å²) in [5.74, 6) is 5.71. The second kappa shape index (κ2) is 3.57. The molecule has 0 aromatic heterocycles. The van der Waals surface area contributed by atoms with Gasteiger partial charge in [0, 0.05) is 0 Å². The molecule has 116 valence electrons. The van der Waals surface area contributed by atoms with Crippen LogP contribution >= 0.6 is 0 Å². The smallest absolute Gasteiger partial charge is 0.0230 e. The van der Waals surface area contributed by atoms with Gasteiger partial charge in [-0.3, -0.25) is 0 Å². The molecule has 8 saturated carbocycles. The van der Waals surface area contributed by atoms with Gasteiger partial charge in [-0.15, -0.1) is 0 Å². The van der Waals surface area contributed by atoms with Crippen LogP contribution in [0, 0.1) is 45.8 Å². The monoisotopic (exact) mass is 284 g/mol. The van der Waals surface area contributed by atoms with E-state index in [1.54, 1.807) is 77.0 Å². The molecule has 0 aliphatic heterocycles. The highest BCUT2D eigenvalue weighted by Crippen LogP contribution is 2.76. The van der Waals surface area contributed by atoms with Crippen LogP contribution in [0.15, 0.2) is 0 Å². The summed E-state index contributed by atoms with van der Waals surface area (Å²) in [4.78, 5) is 0. The van der Waals surface area contributed by atoms with Crippen molar-refractivity contribution in [2.75, 3.05) is 0 Å². The lowest BCUT2D eigenvalue weighted by Gasteiger charge is -2.72. The Kier molecular flexibility index (Phi) is 2.11. The Labute approximate surface area is 130 Å². The fourth-order valence-electron chi connectivity index (χ4n) is 10.1. The van der Waals surface area contributed by atoms with Crippen molar-refractivity contribution in [3.05, 3.63) is 0 Å². The van der Waals surface area contributed by atoms with E-state index in [1.807, 2.05) is 0 Å². The molecule has 2 atom stereocenters. The highest BCUT2D eigenvalue weighted by molar-refractivity contribution is 5.16. The molecule has 8 aliphatic rings. The molecular formula is C21H32. The van der Waals surface area contributed by atoms with Gasteiger partial charge in [-0.25, -0.2) is 0 Å². The summed E-state index contributed by atoms with van der Waals surface area (Å²) in [6, 6.07) is 0. The second-order valence-corrected chi connectivity index (χ2v) is 11.2. The molecule has 21 heavy (non-hydrogen) atoms. The summed E-state index contributed by atoms with van der Waals surface area (Å²) >= 11 is 0. The van der Waals surface area contributed by atoms with E-state index in [1.165, 1.54) is 0 Å². The molecular weight excluding hydrogens is 252 g/mol. The van der Waals surface area contributed by atoms with E-state index >= 15 is 0 Å². The normalized spacial score (nSPS) is 67.0. The van der Waals surface area contributed by atoms with Crippen molar-refractivity contribution >= 4 is 0 Å². The first kappa shape index (κ1) is 12.4. The summed E-state index contributed by atoms with van der Waals surface area (Å²) in [6.45, 7) is 2.68. The summed E-state index contributed by atoms with van der Waals surface area (Å²) in [6.07, 6.45) is 19.6. The molecule has 8 aliphatic carbocycles. The maximum absolute atomic E-state index is 2.68. The molecule has 0 radical (unpaired) electrons. The average Bonchev–Trinajstić information content (AvgIpc) is 2.33. The van der Waals surface area contributed by atoms with Crippen LogP contribution in [0.1, 0.15) is 84.0 Å². The minimum Gasteiger partial charge on any atom is -0.0596 e. The molecule has 0 nitrogen and oxygen atoms in total. The largest absolute Gasteiger partial charge is 0.0596 e. The fraction of sp³-hybridized carbons (Fsp3) is 1.00. The van der Waals surface area contributed by atoms with Crippen LogP contribution in [0.4, 0.5) is 0 Å². The van der Waals surface area contributed by atoms with Gasteiger partial charge in [0.25, 0.3) is 0 Å². The van der Waals surface area contributed by atoms with E-state index in [0.29, 0.717) is 0 Å². The van der Waals surface area contributed by atoms with Crippen LogP contribution in [-0.4, -0.2) is 0 Å². The Balaban J connectivity index is 1.45. The predicted octanol–water partition coefficient (Wildman–Crippen LogP) is 5.81. The Morgan fingerprint density at radius 1 is 0.524 bits per heavy atom. The van der Waals surface area contributed by atoms with E-state index in [0.717, 1.165) is 45.8 Å². The number of hydrogen-bond donors (Lipinski definition) is 0. The van der Waals surface area contributed by atoms with Gasteiger partial charge in [0.1, 0.15) is 0 Å². The molecule has 0 N–H and O–H groups in total. The molecule has 0 saturated heterocycles. The molecule has 8 rings (SSSR count). The van der Waals surface area contributed by atoms with Crippen molar-refractivity contribution in [3.63, 3.8) is 0 Å². The summed E-state index contributed by atoms with van der Waals surface area (Å²) in [5, 5.41) is 0. The van der Waals surface area contributed by atoms with Gasteiger partial charge < -0.3 is 0 Å². The summed E-state index contributed by atoms with van der Waals surface area (Å²) in [5.41, 5.74) is 2.41. The molecule has 0 amide bonds. The Morgan fingerprint density at radius 2 is 0.952 bits per heavy atom. The van der Waals surface area contributed by atoms with E-state index < -0.39 is 0 Å². The van der Waals surface area contributed by atoms with Crippen molar-refractivity contribution in [2.24, 2.45) is 45.8 Å². The first-order chi connectivity index (χ1) is 10.1. The maximum Gasteiger partial charge on any atom is -0.0230 e. The van der Waals surface area contributed by atoms with Crippen LogP contribution in [0.5, 0.6) is 0 Å². The summed E-state index contributed by atoms with van der Waals surface area (Å²) in [7, 11) is 0. The fourth-order valence-corrected chi connectivity index (χ4v) is 10.1. The standard InChI is InChI=1S/C21H32/c1-19-6-17-5-18(7-19)12-21(11-17,13-19)20-8-14-2-15(9-20)4-16(3-14)10-20/h14-18H,2-13H2,1H3. The highest BCUT2D eigenvalue weighted by atomic mass is 14.7. The van der Waals surface area contributed by atoms with Crippen molar-refractivity contribution in [1.82, 2.24) is 0 Å². The quantitative estimate of drug-likeness (QED) is 0.570. The third-order valence-corrected chi connectivity index (χ3v) is 9.52. The number of hydrogen-bond acceptors (Lipinski definition) is 0. The molecule has 0 spiro atoms. The molecule has 0 heteroatoms. The average molecular weight is 284 g/mol. The van der Waals surface area contributed by atoms with Crippen LogP contribution in [0.3, 0.4) is 0 Å². The molecule has 0 heterocycles. The van der Waals surface area contributed by atoms with Crippen molar-refractivity contribution < 1.29 is 0 Å². The van der Waals surface area contributed by atoms with Crippen LogP contribution in [0.25, 0.3) is 0 Å². The van der Waals surface area contributed by atoms with Gasteiger partial charge in [-0.1, -0.05) is 6.92 Å². The minimum absolute atomic E-state index is 0.757. The second-order valence-electron chi connectivity index (χ2n) is 11.2. The third kappa shape index (κ3) is 1.49. The first-order valence-corrected chi connectivity index (χ1v) is 10.1. The Morgan fingerprint density at radius 3 is 1.43 bits per heavy atom. The van der Waals surface area contributed by atoms with Gasteiger partial charge in [-0.2, -0.15) is 0 Å². The molecule has 8 bridgehead atoms. The maximum atomic E-state index is 2.68. The minimum atomic E-state index is 0.757. The van der Waals surface area contributed by atoms with E-state index in [4.69, 9.17) is 0 Å². The zero-order valence-electron chi connectivity index (χ0n) is 13.9. The topological polar surface area (TPSA) is 0 Å². The lowest BCUT2D eigenvalue weighted by Crippen LogP contribution is -2.62. The predicted molar refractivity (Wildman–Crippen MR) is 85.8 cm³/mol. The summed E-state index contributed by atoms with van der Waals surface area (Å²) < 4.78 is 0. The van der Waals surface area contributed by atoms with E-state index in [2.05, 4.69) is 6.92 Å². The van der Waals surface area contributed by atoms with Crippen LogP contribution in [0.2, 0.25) is 0 Å². The van der Waals surface area contributed by atoms with Crippen LogP contribution in [-0.2, 0) is 0 Å². The lowest BCUT2D eigenvalue weighted by molar-refractivity contribution is -0.217.